The lowest BCUT2D eigenvalue weighted by atomic mass is 10.1. The highest BCUT2D eigenvalue weighted by Gasteiger charge is 2.20. The average molecular weight is 392 g/mol. The first kappa shape index (κ1) is 20.9. The minimum absolute atomic E-state index is 0.178. The predicted octanol–water partition coefficient (Wildman–Crippen LogP) is 4.53. The van der Waals surface area contributed by atoms with Gasteiger partial charge < -0.3 is 19.5 Å². The Morgan fingerprint density at radius 2 is 1.78 bits per heavy atom. The number of aryl methyl sites for hydroxylation is 1. The Balaban J connectivity index is 2.04. The smallest absolute Gasteiger partial charge is 0.261 e. The highest BCUT2D eigenvalue weighted by atomic mass is 35.5. The lowest BCUT2D eigenvalue weighted by Crippen LogP contribution is -2.38. The summed E-state index contributed by atoms with van der Waals surface area (Å²) in [5, 5.41) is 3.42. The van der Waals surface area contributed by atoms with E-state index in [-0.39, 0.29) is 5.91 Å². The number of ether oxygens (including phenoxy) is 3. The summed E-state index contributed by atoms with van der Waals surface area (Å²) in [5.41, 5.74) is 1.95. The number of nitrogens with one attached hydrogen (secondary N) is 1. The predicted molar refractivity (Wildman–Crippen MR) is 107 cm³/mol. The zero-order valence-corrected chi connectivity index (χ0v) is 16.9. The maximum Gasteiger partial charge on any atom is 0.261 e. The van der Waals surface area contributed by atoms with Gasteiger partial charge in [0.25, 0.3) is 5.91 Å². The van der Waals surface area contributed by atoms with Crippen LogP contribution in [-0.4, -0.2) is 26.2 Å². The van der Waals surface area contributed by atoms with E-state index in [0.29, 0.717) is 35.2 Å². The van der Waals surface area contributed by atoms with Crippen molar-refractivity contribution in [3.05, 3.63) is 52.5 Å². The van der Waals surface area contributed by atoms with Crippen molar-refractivity contribution in [1.29, 1.82) is 0 Å². The Morgan fingerprint density at radius 3 is 2.41 bits per heavy atom. The summed E-state index contributed by atoms with van der Waals surface area (Å²) in [4.78, 5) is 12.6. The summed E-state index contributed by atoms with van der Waals surface area (Å²) >= 11 is 6.23. The fourth-order valence-corrected chi connectivity index (χ4v) is 2.93. The second-order valence-electron chi connectivity index (χ2n) is 6.24. The zero-order chi connectivity index (χ0) is 19.8. The molecule has 2 aromatic rings. The fourth-order valence-electron chi connectivity index (χ4n) is 2.65. The van der Waals surface area contributed by atoms with Crippen molar-refractivity contribution in [1.82, 2.24) is 5.32 Å². The van der Waals surface area contributed by atoms with E-state index in [2.05, 4.69) is 5.32 Å². The maximum absolute atomic E-state index is 12.6. The largest absolute Gasteiger partial charge is 0.493 e. The molecule has 0 aliphatic heterocycles. The third kappa shape index (κ3) is 5.79. The molecule has 0 bridgehead atoms. The van der Waals surface area contributed by atoms with Crippen molar-refractivity contribution in [2.24, 2.45) is 0 Å². The van der Waals surface area contributed by atoms with Crippen LogP contribution < -0.4 is 19.5 Å². The molecule has 2 aromatic carbocycles. The molecule has 0 aliphatic rings. The average Bonchev–Trinajstić information content (AvgIpc) is 2.67. The van der Waals surface area contributed by atoms with Crippen LogP contribution in [0.3, 0.4) is 0 Å². The van der Waals surface area contributed by atoms with Crippen LogP contribution in [0.1, 0.15) is 30.9 Å². The lowest BCUT2D eigenvalue weighted by molar-refractivity contribution is -0.128. The summed E-state index contributed by atoms with van der Waals surface area (Å²) in [6, 6.07) is 11.1. The number of amides is 1. The SMILES string of the molecule is CCCC(Oc1ccc(C)cc1Cl)C(=O)NCc1ccc(OC)c(OC)c1. The van der Waals surface area contributed by atoms with Crippen LogP contribution in [0.5, 0.6) is 17.2 Å². The summed E-state index contributed by atoms with van der Waals surface area (Å²) in [6.07, 6.45) is 0.815. The molecule has 0 radical (unpaired) electrons. The third-order valence-corrected chi connectivity index (χ3v) is 4.41. The van der Waals surface area contributed by atoms with E-state index in [1.54, 1.807) is 20.3 Å². The second kappa shape index (κ2) is 10.1. The van der Waals surface area contributed by atoms with Crippen LogP contribution in [0.25, 0.3) is 0 Å². The number of hydrogen-bond donors (Lipinski definition) is 1. The van der Waals surface area contributed by atoms with Crippen LogP contribution in [0.2, 0.25) is 5.02 Å². The minimum Gasteiger partial charge on any atom is -0.493 e. The molecule has 1 N–H and O–H groups in total. The number of hydrogen-bond acceptors (Lipinski definition) is 4. The molecule has 0 aromatic heterocycles. The molecule has 0 spiro atoms. The molecule has 0 saturated carbocycles. The summed E-state index contributed by atoms with van der Waals surface area (Å²) in [6.45, 7) is 4.33. The van der Waals surface area contributed by atoms with Crippen molar-refractivity contribution in [3.63, 3.8) is 0 Å². The second-order valence-corrected chi connectivity index (χ2v) is 6.64. The summed E-state index contributed by atoms with van der Waals surface area (Å²) < 4.78 is 16.4. The van der Waals surface area contributed by atoms with Crippen molar-refractivity contribution in [3.8, 4) is 17.2 Å². The normalized spacial score (nSPS) is 11.6. The van der Waals surface area contributed by atoms with E-state index in [1.165, 1.54) is 0 Å². The molecule has 146 valence electrons. The van der Waals surface area contributed by atoms with Gasteiger partial charge in [0.1, 0.15) is 5.75 Å². The van der Waals surface area contributed by atoms with E-state index in [4.69, 9.17) is 25.8 Å². The Morgan fingerprint density at radius 1 is 1.07 bits per heavy atom. The molecule has 27 heavy (non-hydrogen) atoms. The van der Waals surface area contributed by atoms with Gasteiger partial charge in [-0.05, 0) is 48.7 Å². The van der Waals surface area contributed by atoms with E-state index < -0.39 is 6.10 Å². The van der Waals surface area contributed by atoms with Gasteiger partial charge in [-0.2, -0.15) is 0 Å². The van der Waals surface area contributed by atoms with Gasteiger partial charge in [0.05, 0.1) is 19.2 Å². The maximum atomic E-state index is 12.6. The molecular weight excluding hydrogens is 366 g/mol. The van der Waals surface area contributed by atoms with Gasteiger partial charge in [-0.1, -0.05) is 37.1 Å². The van der Waals surface area contributed by atoms with Crippen molar-refractivity contribution in [2.75, 3.05) is 14.2 Å². The van der Waals surface area contributed by atoms with Crippen LogP contribution in [0.4, 0.5) is 0 Å². The zero-order valence-electron chi connectivity index (χ0n) is 16.2. The number of benzene rings is 2. The number of halogens is 1. The van der Waals surface area contributed by atoms with E-state index in [1.807, 2.05) is 44.2 Å². The van der Waals surface area contributed by atoms with Crippen LogP contribution in [-0.2, 0) is 11.3 Å². The Bertz CT molecular complexity index is 779. The van der Waals surface area contributed by atoms with Crippen molar-refractivity contribution in [2.45, 2.75) is 39.3 Å². The molecule has 6 heteroatoms. The molecule has 1 atom stereocenters. The Labute approximate surface area is 165 Å². The number of carbonyl (C=O) groups excluding carboxylic acids is 1. The third-order valence-electron chi connectivity index (χ3n) is 4.11. The van der Waals surface area contributed by atoms with E-state index >= 15 is 0 Å². The standard InChI is InChI=1S/C21H26ClNO4/c1-5-6-19(27-17-9-7-14(2)11-16(17)22)21(24)23-13-15-8-10-18(25-3)20(12-15)26-4/h7-12,19H,5-6,13H2,1-4H3,(H,23,24). The van der Waals surface area contributed by atoms with E-state index in [9.17, 15) is 4.79 Å². The number of carbonyl (C=O) groups is 1. The van der Waals surface area contributed by atoms with Gasteiger partial charge in [-0.25, -0.2) is 0 Å². The first-order valence-electron chi connectivity index (χ1n) is 8.89. The van der Waals surface area contributed by atoms with Gasteiger partial charge in [-0.15, -0.1) is 0 Å². The molecule has 2 rings (SSSR count). The molecule has 0 aliphatic carbocycles. The van der Waals surface area contributed by atoms with Crippen LogP contribution in [0, 0.1) is 6.92 Å². The van der Waals surface area contributed by atoms with Gasteiger partial charge >= 0.3 is 0 Å². The van der Waals surface area contributed by atoms with Gasteiger partial charge in [0.15, 0.2) is 17.6 Å². The topological polar surface area (TPSA) is 56.8 Å². The highest BCUT2D eigenvalue weighted by Crippen LogP contribution is 2.28. The first-order valence-corrected chi connectivity index (χ1v) is 9.27. The van der Waals surface area contributed by atoms with Crippen molar-refractivity contribution < 1.29 is 19.0 Å². The monoisotopic (exact) mass is 391 g/mol. The number of rotatable bonds is 9. The lowest BCUT2D eigenvalue weighted by Gasteiger charge is -2.19. The molecular formula is C21H26ClNO4. The molecule has 0 heterocycles. The quantitative estimate of drug-likeness (QED) is 0.682. The molecule has 5 nitrogen and oxygen atoms in total. The Hall–Kier alpha value is -2.40. The minimum atomic E-state index is -0.602. The van der Waals surface area contributed by atoms with Crippen molar-refractivity contribution >= 4 is 17.5 Å². The first-order chi connectivity index (χ1) is 13.0. The summed E-state index contributed by atoms with van der Waals surface area (Å²) in [7, 11) is 3.17. The van der Waals surface area contributed by atoms with E-state index in [0.717, 1.165) is 17.5 Å². The Kier molecular flexibility index (Phi) is 7.80. The molecule has 1 amide bonds. The van der Waals surface area contributed by atoms with Gasteiger partial charge in [0.2, 0.25) is 0 Å². The molecule has 0 fully saturated rings. The fraction of sp³-hybridized carbons (Fsp3) is 0.381. The van der Waals surface area contributed by atoms with Gasteiger partial charge in [0, 0.05) is 6.54 Å². The number of methoxy groups -OCH3 is 2. The van der Waals surface area contributed by atoms with Crippen LogP contribution >= 0.6 is 11.6 Å². The highest BCUT2D eigenvalue weighted by molar-refractivity contribution is 6.32. The molecule has 1 unspecified atom stereocenters. The summed E-state index contributed by atoms with van der Waals surface area (Å²) in [5.74, 6) is 1.61. The van der Waals surface area contributed by atoms with Crippen LogP contribution in [0.15, 0.2) is 36.4 Å². The molecule has 0 saturated heterocycles. The van der Waals surface area contributed by atoms with Gasteiger partial charge in [-0.3, -0.25) is 4.79 Å².